The number of carbonyl (C=O) groups is 1. The Morgan fingerprint density at radius 3 is 2.81 bits per heavy atom. The van der Waals surface area contributed by atoms with Gasteiger partial charge in [-0.3, -0.25) is 4.79 Å². The van der Waals surface area contributed by atoms with Crippen molar-refractivity contribution in [2.24, 2.45) is 0 Å². The van der Waals surface area contributed by atoms with Gasteiger partial charge in [0.2, 0.25) is 5.91 Å². The van der Waals surface area contributed by atoms with Crippen molar-refractivity contribution in [3.05, 3.63) is 0 Å². The molecule has 1 aliphatic heterocycles. The molecule has 2 atom stereocenters. The molecule has 2 unspecified atom stereocenters. The highest BCUT2D eigenvalue weighted by molar-refractivity contribution is 5.86. The molecule has 1 rings (SSSR count). The Morgan fingerprint density at radius 2 is 2.31 bits per heavy atom. The van der Waals surface area contributed by atoms with E-state index in [4.69, 9.17) is 4.74 Å². The first-order valence-corrected chi connectivity index (χ1v) is 6.28. The molecule has 1 fully saturated rings. The van der Waals surface area contributed by atoms with E-state index >= 15 is 0 Å². The number of rotatable bonds is 6. The highest BCUT2D eigenvalue weighted by atomic mass is 16.5. The van der Waals surface area contributed by atoms with E-state index in [2.05, 4.69) is 17.6 Å². The first-order valence-electron chi connectivity index (χ1n) is 6.28. The molecule has 0 aromatic rings. The molecular weight excluding hydrogens is 204 g/mol. The predicted molar refractivity (Wildman–Crippen MR) is 64.4 cm³/mol. The second kappa shape index (κ2) is 6.21. The molecule has 1 aliphatic rings. The van der Waals surface area contributed by atoms with Crippen molar-refractivity contribution in [3.8, 4) is 0 Å². The fourth-order valence-corrected chi connectivity index (χ4v) is 2.16. The summed E-state index contributed by atoms with van der Waals surface area (Å²) in [4.78, 5) is 12.1. The van der Waals surface area contributed by atoms with Gasteiger partial charge in [-0.15, -0.1) is 0 Å². The summed E-state index contributed by atoms with van der Waals surface area (Å²) in [6.45, 7) is 8.22. The van der Waals surface area contributed by atoms with E-state index < -0.39 is 0 Å². The highest BCUT2D eigenvalue weighted by Gasteiger charge is 2.39. The smallest absolute Gasteiger partial charge is 0.240 e. The van der Waals surface area contributed by atoms with Gasteiger partial charge in [0.15, 0.2) is 0 Å². The summed E-state index contributed by atoms with van der Waals surface area (Å²) >= 11 is 0. The van der Waals surface area contributed by atoms with Crippen LogP contribution in [0.3, 0.4) is 0 Å². The monoisotopic (exact) mass is 228 g/mol. The molecule has 94 valence electrons. The third-order valence-electron chi connectivity index (χ3n) is 3.23. The molecule has 0 spiro atoms. The van der Waals surface area contributed by atoms with Gasteiger partial charge in [0.1, 0.15) is 0 Å². The van der Waals surface area contributed by atoms with Crippen LogP contribution >= 0.6 is 0 Å². The molecule has 1 amide bonds. The van der Waals surface area contributed by atoms with Crippen LogP contribution in [-0.4, -0.2) is 37.2 Å². The molecule has 0 aromatic carbocycles. The van der Waals surface area contributed by atoms with Crippen molar-refractivity contribution >= 4 is 5.91 Å². The lowest BCUT2D eigenvalue weighted by molar-refractivity contribution is -0.128. The minimum atomic E-state index is -0.333. The Labute approximate surface area is 98.1 Å². The second-order valence-corrected chi connectivity index (χ2v) is 4.50. The second-order valence-electron chi connectivity index (χ2n) is 4.50. The zero-order valence-electron chi connectivity index (χ0n) is 10.6. The van der Waals surface area contributed by atoms with Crippen molar-refractivity contribution in [2.75, 3.05) is 19.8 Å². The summed E-state index contributed by atoms with van der Waals surface area (Å²) in [6.07, 6.45) is 2.87. The van der Waals surface area contributed by atoms with Gasteiger partial charge in [-0.2, -0.15) is 0 Å². The van der Waals surface area contributed by atoms with Crippen molar-refractivity contribution in [1.29, 1.82) is 0 Å². The molecule has 1 heterocycles. The average molecular weight is 228 g/mol. The van der Waals surface area contributed by atoms with E-state index in [1.807, 2.05) is 13.8 Å². The number of amides is 1. The predicted octanol–water partition coefficient (Wildman–Crippen LogP) is 1.06. The Morgan fingerprint density at radius 1 is 1.56 bits per heavy atom. The largest absolute Gasteiger partial charge is 0.380 e. The van der Waals surface area contributed by atoms with E-state index in [-0.39, 0.29) is 17.5 Å². The summed E-state index contributed by atoms with van der Waals surface area (Å²) in [6, 6.07) is 0.0817. The number of carbonyl (C=O) groups excluding carboxylic acids is 1. The van der Waals surface area contributed by atoms with Gasteiger partial charge < -0.3 is 15.4 Å². The minimum absolute atomic E-state index is 0.0817. The van der Waals surface area contributed by atoms with Crippen LogP contribution in [0.1, 0.15) is 40.0 Å². The Kier molecular flexibility index (Phi) is 5.22. The molecule has 1 saturated heterocycles. The molecule has 0 saturated carbocycles. The maximum absolute atomic E-state index is 12.1. The number of nitrogens with one attached hydrogen (secondary N) is 2. The van der Waals surface area contributed by atoms with Gasteiger partial charge in [0.25, 0.3) is 0 Å². The molecule has 2 N–H and O–H groups in total. The normalized spacial score (nSPS) is 26.7. The lowest BCUT2D eigenvalue weighted by Crippen LogP contribution is -2.55. The van der Waals surface area contributed by atoms with Crippen LogP contribution in [-0.2, 0) is 9.53 Å². The van der Waals surface area contributed by atoms with Gasteiger partial charge in [-0.1, -0.05) is 6.92 Å². The SMILES string of the molecule is CCOCC(C)NC(=O)C1(CC)CCCN1. The molecule has 4 heteroatoms. The van der Waals surface area contributed by atoms with E-state index in [1.54, 1.807) is 0 Å². The van der Waals surface area contributed by atoms with E-state index in [0.29, 0.717) is 13.2 Å². The highest BCUT2D eigenvalue weighted by Crippen LogP contribution is 2.23. The number of hydrogen-bond acceptors (Lipinski definition) is 3. The molecule has 0 bridgehead atoms. The van der Waals surface area contributed by atoms with Gasteiger partial charge in [-0.25, -0.2) is 0 Å². The van der Waals surface area contributed by atoms with Crippen LogP contribution < -0.4 is 10.6 Å². The number of hydrogen-bond donors (Lipinski definition) is 2. The summed E-state index contributed by atoms with van der Waals surface area (Å²) in [5.41, 5.74) is -0.333. The first kappa shape index (κ1) is 13.5. The first-order chi connectivity index (χ1) is 7.64. The van der Waals surface area contributed by atoms with Crippen molar-refractivity contribution < 1.29 is 9.53 Å². The third kappa shape index (κ3) is 3.19. The Balaban J connectivity index is 2.43. The van der Waals surface area contributed by atoms with Crippen molar-refractivity contribution in [3.63, 3.8) is 0 Å². The van der Waals surface area contributed by atoms with Gasteiger partial charge in [0, 0.05) is 12.6 Å². The van der Waals surface area contributed by atoms with Crippen molar-refractivity contribution in [2.45, 2.75) is 51.6 Å². The zero-order valence-corrected chi connectivity index (χ0v) is 10.6. The van der Waals surface area contributed by atoms with Crippen LogP contribution in [0.5, 0.6) is 0 Å². The van der Waals surface area contributed by atoms with Gasteiger partial charge in [0.05, 0.1) is 12.1 Å². The Hall–Kier alpha value is -0.610. The van der Waals surface area contributed by atoms with E-state index in [1.165, 1.54) is 0 Å². The molecule has 0 aliphatic carbocycles. The van der Waals surface area contributed by atoms with Gasteiger partial charge >= 0.3 is 0 Å². The van der Waals surface area contributed by atoms with Crippen LogP contribution in [0.2, 0.25) is 0 Å². The molecule has 4 nitrogen and oxygen atoms in total. The summed E-state index contributed by atoms with van der Waals surface area (Å²) < 4.78 is 5.29. The molecule has 0 radical (unpaired) electrons. The molecule has 0 aromatic heterocycles. The van der Waals surface area contributed by atoms with E-state index in [0.717, 1.165) is 25.8 Å². The summed E-state index contributed by atoms with van der Waals surface area (Å²) in [5, 5.41) is 6.35. The zero-order chi connectivity index (χ0) is 12.0. The van der Waals surface area contributed by atoms with Gasteiger partial charge in [-0.05, 0) is 39.7 Å². The number of ether oxygens (including phenoxy) is 1. The van der Waals surface area contributed by atoms with Crippen LogP contribution in [0, 0.1) is 0 Å². The average Bonchev–Trinajstić information content (AvgIpc) is 2.76. The van der Waals surface area contributed by atoms with Crippen molar-refractivity contribution in [1.82, 2.24) is 10.6 Å². The van der Waals surface area contributed by atoms with E-state index in [9.17, 15) is 4.79 Å². The lowest BCUT2D eigenvalue weighted by atomic mass is 9.93. The quantitative estimate of drug-likeness (QED) is 0.714. The van der Waals surface area contributed by atoms with Crippen LogP contribution in [0.4, 0.5) is 0 Å². The third-order valence-corrected chi connectivity index (χ3v) is 3.23. The maximum atomic E-state index is 12.1. The minimum Gasteiger partial charge on any atom is -0.380 e. The Bertz CT molecular complexity index is 225. The van der Waals surface area contributed by atoms with Crippen LogP contribution in [0.25, 0.3) is 0 Å². The lowest BCUT2D eigenvalue weighted by Gasteiger charge is -2.28. The fourth-order valence-electron chi connectivity index (χ4n) is 2.16. The summed E-state index contributed by atoms with van der Waals surface area (Å²) in [7, 11) is 0. The fraction of sp³-hybridized carbons (Fsp3) is 0.917. The maximum Gasteiger partial charge on any atom is 0.240 e. The summed E-state index contributed by atoms with van der Waals surface area (Å²) in [5.74, 6) is 0.125. The standard InChI is InChI=1S/C12H24N2O2/c1-4-12(7-6-8-13-12)11(15)14-10(3)9-16-5-2/h10,13H,4-9H2,1-3H3,(H,14,15). The topological polar surface area (TPSA) is 50.4 Å². The van der Waals surface area contributed by atoms with Crippen LogP contribution in [0.15, 0.2) is 0 Å². The molecule has 16 heavy (non-hydrogen) atoms. The molecular formula is C12H24N2O2.